The summed E-state index contributed by atoms with van der Waals surface area (Å²) in [4.78, 5) is 21.4. The first-order valence-corrected chi connectivity index (χ1v) is 8.49. The Morgan fingerprint density at radius 3 is 2.65 bits per heavy atom. The van der Waals surface area contributed by atoms with Crippen molar-refractivity contribution in [1.29, 1.82) is 0 Å². The molecule has 0 aliphatic heterocycles. The lowest BCUT2D eigenvalue weighted by Gasteiger charge is -2.10. The van der Waals surface area contributed by atoms with E-state index < -0.39 is 0 Å². The number of nitrogens with one attached hydrogen (secondary N) is 1. The maximum Gasteiger partial charge on any atom is 0.256 e. The molecule has 0 aliphatic carbocycles. The smallest absolute Gasteiger partial charge is 0.256 e. The van der Waals surface area contributed by atoms with Crippen molar-refractivity contribution in [2.45, 2.75) is 18.9 Å². The number of rotatable bonds is 3. The number of fused-ring (bicyclic) bond motifs is 1. The van der Waals surface area contributed by atoms with Crippen LogP contribution >= 0.6 is 11.8 Å². The fourth-order valence-electron chi connectivity index (χ4n) is 2.43. The van der Waals surface area contributed by atoms with Gasteiger partial charge in [-0.3, -0.25) is 9.78 Å². The molecule has 0 radical (unpaired) electrons. The lowest BCUT2D eigenvalue weighted by molar-refractivity contribution is 0.102. The topological polar surface area (TPSA) is 54.9 Å². The summed E-state index contributed by atoms with van der Waals surface area (Å²) in [5, 5.41) is 4.69. The van der Waals surface area contributed by atoms with Gasteiger partial charge in [0, 0.05) is 11.1 Å². The normalized spacial score (nSPS) is 10.7. The zero-order valence-electron chi connectivity index (χ0n) is 13.3. The quantitative estimate of drug-likeness (QED) is 0.733. The molecule has 1 amide bonds. The van der Waals surface area contributed by atoms with Crippen LogP contribution in [0.3, 0.4) is 0 Å². The van der Waals surface area contributed by atoms with Crippen LogP contribution in [-0.2, 0) is 0 Å². The molecule has 5 heteroatoms. The second-order valence-corrected chi connectivity index (χ2v) is 6.20. The molecule has 2 aromatic heterocycles. The first kappa shape index (κ1) is 15.5. The molecule has 0 unspecified atom stereocenters. The van der Waals surface area contributed by atoms with Crippen LogP contribution in [0.25, 0.3) is 10.9 Å². The van der Waals surface area contributed by atoms with Gasteiger partial charge in [-0.15, -0.1) is 11.8 Å². The van der Waals surface area contributed by atoms with Crippen molar-refractivity contribution in [3.8, 4) is 0 Å². The van der Waals surface area contributed by atoms with E-state index in [9.17, 15) is 4.79 Å². The summed E-state index contributed by atoms with van der Waals surface area (Å²) in [6, 6.07) is 11.5. The Labute approximate surface area is 139 Å². The van der Waals surface area contributed by atoms with Gasteiger partial charge in [0.15, 0.2) is 0 Å². The highest BCUT2D eigenvalue weighted by Gasteiger charge is 2.13. The average Bonchev–Trinajstić information content (AvgIpc) is 2.55. The molecule has 3 rings (SSSR count). The molecule has 2 heterocycles. The van der Waals surface area contributed by atoms with Gasteiger partial charge in [0.05, 0.1) is 28.0 Å². The maximum atomic E-state index is 12.7. The van der Waals surface area contributed by atoms with E-state index >= 15 is 0 Å². The maximum absolute atomic E-state index is 12.7. The molecular weight excluding hydrogens is 306 g/mol. The van der Waals surface area contributed by atoms with Gasteiger partial charge in [-0.25, -0.2) is 4.98 Å². The lowest BCUT2D eigenvalue weighted by atomic mass is 10.0. The number of nitrogens with zero attached hydrogens (tertiary/aromatic N) is 2. The Balaban J connectivity index is 1.97. The number of carbonyl (C=O) groups excluding carboxylic acids is 1. The Bertz CT molecular complexity index is 875. The summed E-state index contributed by atoms with van der Waals surface area (Å²) in [5.41, 5.74) is 4.07. The van der Waals surface area contributed by atoms with Crippen LogP contribution in [0.2, 0.25) is 0 Å². The van der Waals surface area contributed by atoms with Crippen LogP contribution < -0.4 is 5.32 Å². The minimum absolute atomic E-state index is 0.148. The van der Waals surface area contributed by atoms with Gasteiger partial charge in [-0.05, 0) is 50.4 Å². The molecule has 116 valence electrons. The minimum atomic E-state index is -0.148. The summed E-state index contributed by atoms with van der Waals surface area (Å²) >= 11 is 1.57. The van der Waals surface area contributed by atoms with E-state index in [0.717, 1.165) is 27.2 Å². The van der Waals surface area contributed by atoms with Gasteiger partial charge in [0.25, 0.3) is 5.91 Å². The number of thioether (sulfide) groups is 1. The van der Waals surface area contributed by atoms with Crippen LogP contribution in [0.5, 0.6) is 0 Å². The summed E-state index contributed by atoms with van der Waals surface area (Å²) in [7, 11) is 0. The number of hydrogen-bond acceptors (Lipinski definition) is 4. The van der Waals surface area contributed by atoms with E-state index in [4.69, 9.17) is 0 Å². The number of hydrogen-bond donors (Lipinski definition) is 1. The third kappa shape index (κ3) is 3.35. The molecule has 0 bridgehead atoms. The zero-order chi connectivity index (χ0) is 16.4. The third-order valence-corrected chi connectivity index (χ3v) is 4.20. The second kappa shape index (κ2) is 6.38. The Kier molecular flexibility index (Phi) is 4.30. The predicted molar refractivity (Wildman–Crippen MR) is 95.2 cm³/mol. The van der Waals surface area contributed by atoms with Crippen LogP contribution in [0.15, 0.2) is 47.6 Å². The number of anilines is 1. The summed E-state index contributed by atoms with van der Waals surface area (Å²) < 4.78 is 0. The number of carbonyl (C=O) groups is 1. The van der Waals surface area contributed by atoms with Gasteiger partial charge < -0.3 is 5.32 Å². The standard InChI is InChI=1S/C18H17N3OS/c1-11-4-6-16-14(8-11)15(9-12(2)20-16)18(22)21-13-5-7-17(23-3)19-10-13/h4-10H,1-3H3,(H,21,22). The van der Waals surface area contributed by atoms with Gasteiger partial charge in [-0.1, -0.05) is 11.6 Å². The zero-order valence-corrected chi connectivity index (χ0v) is 14.1. The van der Waals surface area contributed by atoms with Crippen LogP contribution in [0.4, 0.5) is 5.69 Å². The van der Waals surface area contributed by atoms with Crippen LogP contribution in [0.1, 0.15) is 21.6 Å². The average molecular weight is 323 g/mol. The van der Waals surface area contributed by atoms with Crippen molar-refractivity contribution in [2.24, 2.45) is 0 Å². The molecule has 4 nitrogen and oxygen atoms in total. The van der Waals surface area contributed by atoms with Gasteiger partial charge >= 0.3 is 0 Å². The number of aryl methyl sites for hydroxylation is 2. The molecule has 23 heavy (non-hydrogen) atoms. The summed E-state index contributed by atoms with van der Waals surface area (Å²) in [5.74, 6) is -0.148. The van der Waals surface area contributed by atoms with Crippen molar-refractivity contribution in [3.05, 3.63) is 59.4 Å². The Morgan fingerprint density at radius 2 is 1.96 bits per heavy atom. The molecule has 0 fully saturated rings. The van der Waals surface area contributed by atoms with Gasteiger partial charge in [-0.2, -0.15) is 0 Å². The van der Waals surface area contributed by atoms with Crippen molar-refractivity contribution >= 4 is 34.3 Å². The van der Waals surface area contributed by atoms with E-state index in [2.05, 4.69) is 15.3 Å². The molecule has 0 atom stereocenters. The lowest BCUT2D eigenvalue weighted by Crippen LogP contribution is -2.13. The van der Waals surface area contributed by atoms with E-state index in [1.165, 1.54) is 0 Å². The van der Waals surface area contributed by atoms with E-state index in [-0.39, 0.29) is 5.91 Å². The highest BCUT2D eigenvalue weighted by Crippen LogP contribution is 2.21. The number of amides is 1. The van der Waals surface area contributed by atoms with E-state index in [1.807, 2.05) is 56.5 Å². The highest BCUT2D eigenvalue weighted by atomic mass is 32.2. The Hall–Kier alpha value is -2.40. The van der Waals surface area contributed by atoms with Crippen molar-refractivity contribution in [2.75, 3.05) is 11.6 Å². The predicted octanol–water partition coefficient (Wildman–Crippen LogP) is 4.22. The summed E-state index contributed by atoms with van der Waals surface area (Å²) in [6.07, 6.45) is 3.64. The van der Waals surface area contributed by atoms with Crippen molar-refractivity contribution < 1.29 is 4.79 Å². The first-order valence-electron chi connectivity index (χ1n) is 7.26. The number of aromatic nitrogens is 2. The molecule has 0 spiro atoms. The number of benzene rings is 1. The molecule has 0 aliphatic rings. The van der Waals surface area contributed by atoms with Crippen molar-refractivity contribution in [1.82, 2.24) is 9.97 Å². The third-order valence-electron chi connectivity index (χ3n) is 3.54. The van der Waals surface area contributed by atoms with E-state index in [0.29, 0.717) is 11.3 Å². The number of pyridine rings is 2. The molecule has 3 aromatic rings. The highest BCUT2D eigenvalue weighted by molar-refractivity contribution is 7.98. The summed E-state index contributed by atoms with van der Waals surface area (Å²) in [6.45, 7) is 3.90. The fourth-order valence-corrected chi connectivity index (χ4v) is 2.80. The fraction of sp³-hybridized carbons (Fsp3) is 0.167. The first-order chi connectivity index (χ1) is 11.1. The molecule has 0 saturated heterocycles. The molecule has 1 N–H and O–H groups in total. The largest absolute Gasteiger partial charge is 0.321 e. The second-order valence-electron chi connectivity index (χ2n) is 5.38. The SMILES string of the molecule is CSc1ccc(NC(=O)c2cc(C)nc3ccc(C)cc23)cn1. The molecule has 1 aromatic carbocycles. The van der Waals surface area contributed by atoms with Gasteiger partial charge in [0.1, 0.15) is 0 Å². The van der Waals surface area contributed by atoms with Crippen LogP contribution in [-0.4, -0.2) is 22.1 Å². The molecular formula is C18H17N3OS. The monoisotopic (exact) mass is 323 g/mol. The molecule has 0 saturated carbocycles. The van der Waals surface area contributed by atoms with E-state index in [1.54, 1.807) is 18.0 Å². The minimum Gasteiger partial charge on any atom is -0.321 e. The van der Waals surface area contributed by atoms with Crippen LogP contribution in [0, 0.1) is 13.8 Å². The van der Waals surface area contributed by atoms with Crippen molar-refractivity contribution in [3.63, 3.8) is 0 Å². The Morgan fingerprint density at radius 1 is 1.13 bits per heavy atom. The van der Waals surface area contributed by atoms with Gasteiger partial charge in [0.2, 0.25) is 0 Å².